The van der Waals surface area contributed by atoms with Crippen LogP contribution in [-0.4, -0.2) is 24.7 Å². The van der Waals surface area contributed by atoms with E-state index in [0.29, 0.717) is 28.6 Å². The van der Waals surface area contributed by atoms with Crippen LogP contribution in [0.2, 0.25) is 0 Å². The fourth-order valence-electron chi connectivity index (χ4n) is 4.09. The molecular weight excluding hydrogens is 426 g/mol. The Bertz CT molecular complexity index is 1370. The van der Waals surface area contributed by atoms with Crippen LogP contribution in [0.3, 0.4) is 0 Å². The van der Waals surface area contributed by atoms with Crippen molar-refractivity contribution in [3.63, 3.8) is 0 Å². The number of nitrogens with zero attached hydrogens (tertiary/aromatic N) is 1. The Morgan fingerprint density at radius 1 is 0.875 bits per heavy atom. The quantitative estimate of drug-likeness (QED) is 0.155. The Morgan fingerprint density at radius 2 is 1.41 bits per heavy atom. The van der Waals surface area contributed by atoms with Crippen LogP contribution >= 0.6 is 0 Å². The number of rotatable bonds is 6. The van der Waals surface area contributed by atoms with E-state index in [0.717, 1.165) is 22.2 Å². The smallest absolute Gasteiger partial charge is 0.345 e. The SMILES string of the molecule is Cc1cccc(C)c1OC(=O)c1c2ccccc2[n+](CCCS(=O)(=O)O)c2ccccc12. The number of ether oxygens (including phenoxy) is 1. The Hall–Kier alpha value is -3.29. The van der Waals surface area contributed by atoms with Crippen LogP contribution in [-0.2, 0) is 16.7 Å². The number of hydrogen-bond acceptors (Lipinski definition) is 4. The van der Waals surface area contributed by atoms with Gasteiger partial charge in [0, 0.05) is 18.6 Å². The van der Waals surface area contributed by atoms with Crippen LogP contribution in [0.4, 0.5) is 0 Å². The number of pyridine rings is 1. The molecule has 0 bridgehead atoms. The van der Waals surface area contributed by atoms with Crippen LogP contribution in [0.5, 0.6) is 5.75 Å². The van der Waals surface area contributed by atoms with E-state index in [4.69, 9.17) is 9.29 Å². The zero-order valence-electron chi connectivity index (χ0n) is 17.9. The molecular formula is C25H24NO5S+. The van der Waals surface area contributed by atoms with Crippen molar-refractivity contribution >= 4 is 37.9 Å². The molecule has 0 aliphatic rings. The second kappa shape index (κ2) is 8.68. The van der Waals surface area contributed by atoms with Crippen molar-refractivity contribution in [1.29, 1.82) is 0 Å². The summed E-state index contributed by atoms with van der Waals surface area (Å²) in [5.41, 5.74) is 3.79. The van der Waals surface area contributed by atoms with Gasteiger partial charge in [0.05, 0.1) is 22.1 Å². The van der Waals surface area contributed by atoms with E-state index < -0.39 is 16.1 Å². The van der Waals surface area contributed by atoms with Gasteiger partial charge < -0.3 is 4.74 Å². The number of carbonyl (C=O) groups is 1. The molecule has 1 heterocycles. The number of aromatic nitrogens is 1. The number of fused-ring (bicyclic) bond motifs is 2. The first-order chi connectivity index (χ1) is 15.3. The largest absolute Gasteiger partial charge is 0.422 e. The molecule has 1 aromatic heterocycles. The second-order valence-corrected chi connectivity index (χ2v) is 9.38. The van der Waals surface area contributed by atoms with E-state index in [-0.39, 0.29) is 12.2 Å². The maximum Gasteiger partial charge on any atom is 0.345 e. The number of benzene rings is 3. The molecule has 0 fully saturated rings. The summed E-state index contributed by atoms with van der Waals surface area (Å²) in [6.45, 7) is 4.17. The zero-order valence-corrected chi connectivity index (χ0v) is 18.7. The lowest BCUT2D eigenvalue weighted by molar-refractivity contribution is -0.645. The van der Waals surface area contributed by atoms with E-state index in [2.05, 4.69) is 0 Å². The van der Waals surface area contributed by atoms with Crippen molar-refractivity contribution in [3.8, 4) is 5.75 Å². The molecule has 32 heavy (non-hydrogen) atoms. The zero-order chi connectivity index (χ0) is 22.9. The van der Waals surface area contributed by atoms with E-state index in [1.54, 1.807) is 0 Å². The van der Waals surface area contributed by atoms with Gasteiger partial charge >= 0.3 is 5.97 Å². The molecule has 0 unspecified atom stereocenters. The molecule has 7 heteroatoms. The number of para-hydroxylation sites is 3. The molecule has 0 saturated carbocycles. The summed E-state index contributed by atoms with van der Waals surface area (Å²) >= 11 is 0. The summed E-state index contributed by atoms with van der Waals surface area (Å²) in [4.78, 5) is 13.5. The van der Waals surface area contributed by atoms with Gasteiger partial charge in [-0.2, -0.15) is 13.0 Å². The molecule has 0 spiro atoms. The third-order valence-electron chi connectivity index (χ3n) is 5.52. The Kier molecular flexibility index (Phi) is 5.95. The van der Waals surface area contributed by atoms with Crippen molar-refractivity contribution < 1.29 is 27.1 Å². The van der Waals surface area contributed by atoms with Gasteiger partial charge in [-0.15, -0.1) is 0 Å². The van der Waals surface area contributed by atoms with E-state index in [9.17, 15) is 13.2 Å². The van der Waals surface area contributed by atoms with Crippen molar-refractivity contribution in [3.05, 3.63) is 83.4 Å². The fourth-order valence-corrected chi connectivity index (χ4v) is 4.58. The van der Waals surface area contributed by atoms with E-state index >= 15 is 0 Å². The monoisotopic (exact) mass is 450 g/mol. The molecule has 0 saturated heterocycles. The van der Waals surface area contributed by atoms with Gasteiger partial charge in [-0.3, -0.25) is 4.55 Å². The molecule has 164 valence electrons. The summed E-state index contributed by atoms with van der Waals surface area (Å²) in [7, 11) is -4.05. The fraction of sp³-hybridized carbons (Fsp3) is 0.200. The van der Waals surface area contributed by atoms with Crippen molar-refractivity contribution in [2.75, 3.05) is 5.75 Å². The van der Waals surface area contributed by atoms with Crippen LogP contribution in [0.1, 0.15) is 27.9 Å². The molecule has 4 rings (SSSR count). The highest BCUT2D eigenvalue weighted by Crippen LogP contribution is 2.29. The lowest BCUT2D eigenvalue weighted by Gasteiger charge is -2.14. The standard InChI is InChI=1S/C25H23NO5S/c1-17-9-7-10-18(2)24(17)31-25(27)23-19-11-3-5-13-21(19)26(15-8-16-32(28,29)30)22-14-6-4-12-20(22)23/h3-7,9-14H,8,15-16H2,1-2H3/p+1. The van der Waals surface area contributed by atoms with Crippen LogP contribution in [0.25, 0.3) is 21.8 Å². The van der Waals surface area contributed by atoms with E-state index in [1.807, 2.05) is 85.1 Å². The summed E-state index contributed by atoms with van der Waals surface area (Å²) < 4.78 is 39.4. The molecule has 4 aromatic rings. The van der Waals surface area contributed by atoms with Gasteiger partial charge in [0.25, 0.3) is 10.1 Å². The average Bonchev–Trinajstić information content (AvgIpc) is 2.75. The number of hydrogen-bond donors (Lipinski definition) is 1. The predicted octanol–water partition coefficient (Wildman–Crippen LogP) is 4.39. The third kappa shape index (κ3) is 4.35. The molecule has 0 atom stereocenters. The van der Waals surface area contributed by atoms with Crippen LogP contribution < -0.4 is 9.30 Å². The highest BCUT2D eigenvalue weighted by molar-refractivity contribution is 7.85. The molecule has 0 aliphatic heterocycles. The topological polar surface area (TPSA) is 84.5 Å². The first-order valence-corrected chi connectivity index (χ1v) is 11.9. The summed E-state index contributed by atoms with van der Waals surface area (Å²) in [5, 5.41) is 1.43. The lowest BCUT2D eigenvalue weighted by Crippen LogP contribution is -2.37. The van der Waals surface area contributed by atoms with Gasteiger partial charge in [-0.05, 0) is 37.1 Å². The molecule has 1 N–H and O–H groups in total. The Morgan fingerprint density at radius 3 is 1.94 bits per heavy atom. The second-order valence-electron chi connectivity index (χ2n) is 7.81. The lowest BCUT2D eigenvalue weighted by atomic mass is 10.0. The summed E-state index contributed by atoms with van der Waals surface area (Å²) in [5.74, 6) is -0.227. The van der Waals surface area contributed by atoms with Gasteiger partial charge in [0.15, 0.2) is 6.54 Å². The highest BCUT2D eigenvalue weighted by Gasteiger charge is 2.26. The van der Waals surface area contributed by atoms with Crippen LogP contribution in [0.15, 0.2) is 66.7 Å². The number of esters is 1. The van der Waals surface area contributed by atoms with Gasteiger partial charge in [-0.1, -0.05) is 42.5 Å². The first-order valence-electron chi connectivity index (χ1n) is 10.3. The molecule has 0 radical (unpaired) electrons. The van der Waals surface area contributed by atoms with Gasteiger partial charge in [0.1, 0.15) is 5.75 Å². The first kappa shape index (κ1) is 21.9. The normalized spacial score (nSPS) is 11.7. The molecule has 0 aliphatic carbocycles. The minimum absolute atomic E-state index is 0.240. The maximum absolute atomic E-state index is 13.5. The van der Waals surface area contributed by atoms with Crippen molar-refractivity contribution in [2.45, 2.75) is 26.8 Å². The molecule has 0 amide bonds. The number of carbonyl (C=O) groups excluding carboxylic acids is 1. The third-order valence-corrected chi connectivity index (χ3v) is 6.32. The van der Waals surface area contributed by atoms with Crippen LogP contribution in [0, 0.1) is 13.8 Å². The summed E-state index contributed by atoms with van der Waals surface area (Å²) in [6, 6.07) is 20.7. The van der Waals surface area contributed by atoms with Gasteiger partial charge in [-0.25, -0.2) is 4.79 Å². The minimum atomic E-state index is -4.05. The highest BCUT2D eigenvalue weighted by atomic mass is 32.2. The molecule has 3 aromatic carbocycles. The number of aryl methyl sites for hydroxylation is 3. The average molecular weight is 451 g/mol. The van der Waals surface area contributed by atoms with Gasteiger partial charge in [0.2, 0.25) is 11.0 Å². The Balaban J connectivity index is 1.88. The maximum atomic E-state index is 13.5. The van der Waals surface area contributed by atoms with Crippen molar-refractivity contribution in [1.82, 2.24) is 0 Å². The summed E-state index contributed by atoms with van der Waals surface area (Å²) in [6.07, 6.45) is 0.240. The molecule has 6 nitrogen and oxygen atoms in total. The minimum Gasteiger partial charge on any atom is -0.422 e. The van der Waals surface area contributed by atoms with E-state index in [1.165, 1.54) is 0 Å². The van der Waals surface area contributed by atoms with Crippen molar-refractivity contribution in [2.24, 2.45) is 0 Å². The predicted molar refractivity (Wildman–Crippen MR) is 124 cm³/mol. The Labute approximate surface area is 186 Å².